The van der Waals surface area contributed by atoms with E-state index in [4.69, 9.17) is 28.7 Å². The number of fused-ring (bicyclic) bond motifs is 2. The van der Waals surface area contributed by atoms with Crippen molar-refractivity contribution in [3.63, 3.8) is 0 Å². The van der Waals surface area contributed by atoms with E-state index in [9.17, 15) is 28.8 Å². The topological polar surface area (TPSA) is 328 Å². The van der Waals surface area contributed by atoms with Gasteiger partial charge >= 0.3 is 0 Å². The molecule has 0 radical (unpaired) electrons. The Hall–Kier alpha value is -7.25. The number of aromatic nitrogens is 2. The van der Waals surface area contributed by atoms with Crippen LogP contribution in [0.25, 0.3) is 21.8 Å². The first-order valence-corrected chi connectivity index (χ1v) is 22.8. The van der Waals surface area contributed by atoms with Crippen LogP contribution in [0.4, 0.5) is 0 Å². The van der Waals surface area contributed by atoms with Crippen LogP contribution in [-0.4, -0.2) is 112 Å². The van der Waals surface area contributed by atoms with Crippen LogP contribution in [0.2, 0.25) is 0 Å². The van der Waals surface area contributed by atoms with Gasteiger partial charge in [0.2, 0.25) is 35.4 Å². The molecule has 356 valence electrons. The highest BCUT2D eigenvalue weighted by Crippen LogP contribution is 2.24. The van der Waals surface area contributed by atoms with Crippen molar-refractivity contribution < 1.29 is 28.8 Å². The van der Waals surface area contributed by atoms with Gasteiger partial charge in [0.05, 0.1) is 6.04 Å². The van der Waals surface area contributed by atoms with Gasteiger partial charge in [-0.2, -0.15) is 0 Å². The van der Waals surface area contributed by atoms with Crippen LogP contribution in [0.15, 0.2) is 96.2 Å². The standard InChI is InChI=1S/C48H63N13O6/c49-21-9-8-16-34(50)43(63)59-39(24-29-12-2-1-3-13-29)45(65)57-37(19-10-22-54-48(52)53)44(64)60-40(26-31-28-56-36-18-7-5-15-33(31)36)47(67)61-23-11-20-41(61)46(66)58-38(42(51)62)25-30-27-55-35-17-6-4-14-32(30)35/h1-7,12-15,17-18,27-28,34,37-41,55-56H,8-11,16,19-26,49-50H2,(H2,51,62)(H,57,65)(H,58,66)(H,59,63)(H,60,64)(H4,52,53,54)/t34-,37-,38-,39-,40-,41-/m0/s1. The fourth-order valence-corrected chi connectivity index (χ4v) is 8.53. The summed E-state index contributed by atoms with van der Waals surface area (Å²) in [6, 6.07) is 17.7. The number of para-hydroxylation sites is 2. The van der Waals surface area contributed by atoms with Crippen molar-refractivity contribution in [2.75, 3.05) is 19.6 Å². The minimum absolute atomic E-state index is 0.0211. The molecule has 6 atom stereocenters. The molecule has 1 aliphatic heterocycles. The SMILES string of the molecule is NCCCC[C@H](N)C(=O)N[C@@H](Cc1ccccc1)C(=O)N[C@@H](CCCN=C(N)N)C(=O)N[C@@H](Cc1c[nH]c2ccccc12)C(=O)N1CCC[C@H]1C(=O)N[C@@H](Cc1c[nH]c2ccccc12)C(N)=O. The minimum atomic E-state index is -1.23. The predicted molar refractivity (Wildman–Crippen MR) is 257 cm³/mol. The zero-order chi connectivity index (χ0) is 47.9. The summed E-state index contributed by atoms with van der Waals surface area (Å²) in [5, 5.41) is 13.1. The number of nitrogens with two attached hydrogens (primary N) is 5. The number of nitrogens with zero attached hydrogens (tertiary/aromatic N) is 2. The van der Waals surface area contributed by atoms with Crippen molar-refractivity contribution in [2.45, 2.75) is 100 Å². The second-order valence-corrected chi connectivity index (χ2v) is 17.0. The second kappa shape index (κ2) is 23.8. The number of likely N-dealkylation sites (tertiary alicyclic amines) is 1. The number of H-pyrrole nitrogens is 2. The third kappa shape index (κ3) is 13.4. The molecule has 0 bridgehead atoms. The number of amides is 6. The van der Waals surface area contributed by atoms with Crippen LogP contribution >= 0.6 is 0 Å². The monoisotopic (exact) mass is 918 g/mol. The summed E-state index contributed by atoms with van der Waals surface area (Å²) < 4.78 is 0. The maximum Gasteiger partial charge on any atom is 0.246 e. The van der Waals surface area contributed by atoms with E-state index < -0.39 is 71.7 Å². The Labute approximate surface area is 388 Å². The Morgan fingerprint density at radius 2 is 1.24 bits per heavy atom. The van der Waals surface area contributed by atoms with Crippen molar-refractivity contribution in [1.82, 2.24) is 36.1 Å². The molecule has 0 unspecified atom stereocenters. The summed E-state index contributed by atoms with van der Waals surface area (Å²) in [5.74, 6) is -3.84. The van der Waals surface area contributed by atoms with Crippen molar-refractivity contribution in [3.05, 3.63) is 108 Å². The highest BCUT2D eigenvalue weighted by atomic mass is 16.2. The van der Waals surface area contributed by atoms with Gasteiger partial charge in [-0.25, -0.2) is 0 Å². The summed E-state index contributed by atoms with van der Waals surface area (Å²) in [6.07, 6.45) is 6.53. The van der Waals surface area contributed by atoms with E-state index in [1.165, 1.54) is 4.90 Å². The van der Waals surface area contributed by atoms with Crippen LogP contribution in [0.5, 0.6) is 0 Å². The van der Waals surface area contributed by atoms with Gasteiger partial charge in [-0.05, 0) is 73.9 Å². The van der Waals surface area contributed by atoms with Crippen LogP contribution in [0.3, 0.4) is 0 Å². The minimum Gasteiger partial charge on any atom is -0.370 e. The molecule has 6 rings (SSSR count). The van der Waals surface area contributed by atoms with Gasteiger partial charge < -0.3 is 64.8 Å². The van der Waals surface area contributed by atoms with Crippen LogP contribution in [0, 0.1) is 0 Å². The number of unbranched alkanes of at least 4 members (excludes halogenated alkanes) is 1. The van der Waals surface area contributed by atoms with Gasteiger partial charge in [-0.1, -0.05) is 73.2 Å². The smallest absolute Gasteiger partial charge is 0.246 e. The number of nitrogens with one attached hydrogen (secondary N) is 6. The first-order chi connectivity index (χ1) is 32.3. The fraction of sp³-hybridized carbons (Fsp3) is 0.396. The Morgan fingerprint density at radius 1 is 0.657 bits per heavy atom. The lowest BCUT2D eigenvalue weighted by Gasteiger charge is -2.31. The van der Waals surface area contributed by atoms with Gasteiger partial charge in [0.25, 0.3) is 0 Å². The molecule has 0 spiro atoms. The first-order valence-electron chi connectivity index (χ1n) is 22.8. The molecular weight excluding hydrogens is 855 g/mol. The van der Waals surface area contributed by atoms with E-state index in [0.29, 0.717) is 38.6 Å². The second-order valence-electron chi connectivity index (χ2n) is 17.0. The number of benzene rings is 3. The van der Waals surface area contributed by atoms with Crippen LogP contribution in [0.1, 0.15) is 61.6 Å². The lowest BCUT2D eigenvalue weighted by Crippen LogP contribution is -2.60. The van der Waals surface area contributed by atoms with Gasteiger partial charge in [-0.15, -0.1) is 0 Å². The average molecular weight is 918 g/mol. The number of primary amides is 1. The molecule has 3 aromatic carbocycles. The molecule has 19 nitrogen and oxygen atoms in total. The number of carbonyl (C=O) groups excluding carboxylic acids is 6. The zero-order valence-electron chi connectivity index (χ0n) is 37.5. The molecule has 5 aromatic rings. The molecular formula is C48H63N13O6. The van der Waals surface area contributed by atoms with E-state index >= 15 is 0 Å². The van der Waals surface area contributed by atoms with Gasteiger partial charge in [-0.3, -0.25) is 33.8 Å². The van der Waals surface area contributed by atoms with Gasteiger partial charge in [0.1, 0.15) is 30.2 Å². The van der Waals surface area contributed by atoms with E-state index in [1.807, 2.05) is 78.9 Å². The number of rotatable bonds is 24. The Balaban J connectivity index is 1.25. The predicted octanol–water partition coefficient (Wildman–Crippen LogP) is 0.603. The molecule has 16 N–H and O–H groups in total. The number of guanidine groups is 1. The average Bonchev–Trinajstić information content (AvgIpc) is 4.09. The lowest BCUT2D eigenvalue weighted by molar-refractivity contribution is -0.142. The third-order valence-corrected chi connectivity index (χ3v) is 12.1. The Kier molecular flexibility index (Phi) is 17.5. The number of aromatic amines is 2. The largest absolute Gasteiger partial charge is 0.370 e. The van der Waals surface area contributed by atoms with Gasteiger partial charge in [0, 0.05) is 66.6 Å². The molecule has 1 aliphatic rings. The summed E-state index contributed by atoms with van der Waals surface area (Å²) in [5.41, 5.74) is 32.8. The summed E-state index contributed by atoms with van der Waals surface area (Å²) in [4.78, 5) is 95.8. The maximum absolute atomic E-state index is 14.9. The van der Waals surface area contributed by atoms with Crippen LogP contribution in [-0.2, 0) is 48.0 Å². The summed E-state index contributed by atoms with van der Waals surface area (Å²) >= 11 is 0. The Morgan fingerprint density at radius 3 is 1.87 bits per heavy atom. The van der Waals surface area contributed by atoms with Crippen molar-refractivity contribution in [1.29, 1.82) is 0 Å². The quantitative estimate of drug-likeness (QED) is 0.0233. The molecule has 2 aromatic heterocycles. The molecule has 1 saturated heterocycles. The van der Waals surface area contributed by atoms with E-state index in [-0.39, 0.29) is 51.2 Å². The number of aliphatic imine (C=N–C) groups is 1. The highest BCUT2D eigenvalue weighted by Gasteiger charge is 2.40. The lowest BCUT2D eigenvalue weighted by atomic mass is 10.0. The van der Waals surface area contributed by atoms with Crippen molar-refractivity contribution in [2.24, 2.45) is 33.7 Å². The number of carbonyl (C=O) groups is 6. The Bertz CT molecular complexity index is 2520. The summed E-state index contributed by atoms with van der Waals surface area (Å²) in [6.45, 7) is 0.792. The molecule has 19 heteroatoms. The van der Waals surface area contributed by atoms with E-state index in [2.05, 4.69) is 36.2 Å². The molecule has 0 saturated carbocycles. The molecule has 1 fully saturated rings. The normalized spacial score (nSPS) is 15.8. The van der Waals surface area contributed by atoms with E-state index in [1.54, 1.807) is 12.4 Å². The van der Waals surface area contributed by atoms with E-state index in [0.717, 1.165) is 38.5 Å². The first kappa shape index (κ1) is 49.2. The number of hydrogen-bond donors (Lipinski definition) is 11. The zero-order valence-corrected chi connectivity index (χ0v) is 37.5. The molecule has 3 heterocycles. The number of hydrogen-bond acceptors (Lipinski definition) is 9. The van der Waals surface area contributed by atoms with Crippen molar-refractivity contribution in [3.8, 4) is 0 Å². The van der Waals surface area contributed by atoms with Crippen molar-refractivity contribution >= 4 is 63.2 Å². The fourth-order valence-electron chi connectivity index (χ4n) is 8.53. The molecule has 67 heavy (non-hydrogen) atoms. The molecule has 6 amide bonds. The highest BCUT2D eigenvalue weighted by molar-refractivity contribution is 5.98. The van der Waals surface area contributed by atoms with Crippen LogP contribution < -0.4 is 49.9 Å². The summed E-state index contributed by atoms with van der Waals surface area (Å²) in [7, 11) is 0. The molecule has 0 aliphatic carbocycles. The van der Waals surface area contributed by atoms with Gasteiger partial charge in [0.15, 0.2) is 5.96 Å². The maximum atomic E-state index is 14.9. The third-order valence-electron chi connectivity index (χ3n) is 12.1.